The van der Waals surface area contributed by atoms with E-state index in [9.17, 15) is 0 Å². The van der Waals surface area contributed by atoms with E-state index < -0.39 is 0 Å². The molecule has 0 unspecified atom stereocenters. The van der Waals surface area contributed by atoms with E-state index in [-0.39, 0.29) is 0 Å². The van der Waals surface area contributed by atoms with Crippen molar-refractivity contribution in [3.8, 4) is 5.75 Å². The normalized spacial score (nSPS) is 16.0. The Labute approximate surface area is 86.1 Å². The molecule has 0 aromatic heterocycles. The van der Waals surface area contributed by atoms with Gasteiger partial charge in [0.15, 0.2) is 0 Å². The lowest BCUT2D eigenvalue weighted by molar-refractivity contribution is 0.409. The fraction of sp³-hybridized carbons (Fsp3) is 0.538. The number of benzene rings is 1. The second-order valence-corrected chi connectivity index (χ2v) is 4.43. The molecular weight excluding hydrogens is 172 g/mol. The van der Waals surface area contributed by atoms with Crippen LogP contribution in [-0.4, -0.2) is 7.11 Å². The van der Waals surface area contributed by atoms with Crippen LogP contribution in [0.25, 0.3) is 0 Å². The van der Waals surface area contributed by atoms with E-state index in [1.54, 1.807) is 7.11 Å². The van der Waals surface area contributed by atoms with Crippen molar-refractivity contribution in [3.05, 3.63) is 29.3 Å². The Hall–Kier alpha value is -0.980. The second-order valence-electron chi connectivity index (χ2n) is 4.43. The van der Waals surface area contributed by atoms with E-state index >= 15 is 0 Å². The lowest BCUT2D eigenvalue weighted by atomic mass is 9.98. The number of ether oxygens (including phenoxy) is 1. The maximum absolute atomic E-state index is 5.38. The van der Waals surface area contributed by atoms with E-state index in [1.807, 2.05) is 0 Å². The summed E-state index contributed by atoms with van der Waals surface area (Å²) in [5.74, 6) is 2.44. The highest BCUT2D eigenvalue weighted by Crippen LogP contribution is 2.45. The van der Waals surface area contributed by atoms with Gasteiger partial charge < -0.3 is 4.74 Å². The fourth-order valence-electron chi connectivity index (χ4n) is 1.83. The zero-order valence-electron chi connectivity index (χ0n) is 9.21. The van der Waals surface area contributed by atoms with Gasteiger partial charge in [0.05, 0.1) is 7.11 Å². The van der Waals surface area contributed by atoms with E-state index in [4.69, 9.17) is 4.74 Å². The summed E-state index contributed by atoms with van der Waals surface area (Å²) in [7, 11) is 1.76. The third kappa shape index (κ3) is 1.77. The lowest BCUT2D eigenvalue weighted by Crippen LogP contribution is -1.94. The lowest BCUT2D eigenvalue weighted by Gasteiger charge is -2.11. The second kappa shape index (κ2) is 3.64. The average molecular weight is 190 g/mol. The Bertz CT molecular complexity index is 324. The molecule has 1 aromatic rings. The molecule has 14 heavy (non-hydrogen) atoms. The van der Waals surface area contributed by atoms with Gasteiger partial charge in [-0.15, -0.1) is 0 Å². The van der Waals surface area contributed by atoms with Gasteiger partial charge in [0.1, 0.15) is 5.75 Å². The fourth-order valence-corrected chi connectivity index (χ4v) is 1.83. The molecule has 0 spiro atoms. The van der Waals surface area contributed by atoms with Crippen molar-refractivity contribution >= 4 is 0 Å². The minimum absolute atomic E-state index is 0.610. The molecule has 1 nitrogen and oxygen atoms in total. The summed E-state index contributed by atoms with van der Waals surface area (Å²) in [5, 5.41) is 0. The molecule has 0 heterocycles. The maximum Gasteiger partial charge on any atom is 0.122 e. The summed E-state index contributed by atoms with van der Waals surface area (Å²) in [6, 6.07) is 6.61. The Morgan fingerprint density at radius 2 is 2.00 bits per heavy atom. The Kier molecular flexibility index (Phi) is 2.49. The monoisotopic (exact) mass is 190 g/mol. The van der Waals surface area contributed by atoms with E-state index in [1.165, 1.54) is 24.0 Å². The zero-order chi connectivity index (χ0) is 10.1. The van der Waals surface area contributed by atoms with Crippen LogP contribution in [-0.2, 0) is 0 Å². The number of hydrogen-bond acceptors (Lipinski definition) is 1. The van der Waals surface area contributed by atoms with Crippen LogP contribution in [0.5, 0.6) is 5.75 Å². The van der Waals surface area contributed by atoms with Gasteiger partial charge in [-0.25, -0.2) is 0 Å². The number of methoxy groups -OCH3 is 1. The molecule has 1 fully saturated rings. The van der Waals surface area contributed by atoms with Gasteiger partial charge in [0.2, 0.25) is 0 Å². The quantitative estimate of drug-likeness (QED) is 0.706. The Balaban J connectivity index is 2.36. The maximum atomic E-state index is 5.38. The molecular formula is C13H18O. The summed E-state index contributed by atoms with van der Waals surface area (Å²) < 4.78 is 5.38. The molecule has 0 atom stereocenters. The highest BCUT2D eigenvalue weighted by molar-refractivity contribution is 5.42. The van der Waals surface area contributed by atoms with Crippen LogP contribution in [0.2, 0.25) is 0 Å². The predicted molar refractivity (Wildman–Crippen MR) is 59.1 cm³/mol. The molecule has 0 amide bonds. The smallest absolute Gasteiger partial charge is 0.122 e. The van der Waals surface area contributed by atoms with Crippen molar-refractivity contribution in [3.63, 3.8) is 0 Å². The van der Waals surface area contributed by atoms with Crippen LogP contribution in [0.3, 0.4) is 0 Å². The molecule has 2 rings (SSSR count). The van der Waals surface area contributed by atoms with Gasteiger partial charge >= 0.3 is 0 Å². The van der Waals surface area contributed by atoms with Crippen LogP contribution in [0.1, 0.15) is 49.7 Å². The van der Waals surface area contributed by atoms with Crippen LogP contribution in [0, 0.1) is 0 Å². The summed E-state index contributed by atoms with van der Waals surface area (Å²) in [5.41, 5.74) is 2.84. The van der Waals surface area contributed by atoms with Crippen LogP contribution >= 0.6 is 0 Å². The first-order chi connectivity index (χ1) is 6.72. The Morgan fingerprint density at radius 1 is 1.29 bits per heavy atom. The summed E-state index contributed by atoms with van der Waals surface area (Å²) in [6.45, 7) is 4.47. The van der Waals surface area contributed by atoms with Crippen LogP contribution in [0.15, 0.2) is 18.2 Å². The molecule has 1 aliphatic rings. The van der Waals surface area contributed by atoms with E-state index in [0.717, 1.165) is 11.7 Å². The van der Waals surface area contributed by atoms with Gasteiger partial charge in [0, 0.05) is 0 Å². The molecule has 0 radical (unpaired) electrons. The topological polar surface area (TPSA) is 9.23 Å². The third-order valence-corrected chi connectivity index (χ3v) is 2.94. The molecule has 1 aliphatic carbocycles. The third-order valence-electron chi connectivity index (χ3n) is 2.94. The predicted octanol–water partition coefficient (Wildman–Crippen LogP) is 3.70. The minimum Gasteiger partial charge on any atom is -0.496 e. The molecule has 0 bridgehead atoms. The summed E-state index contributed by atoms with van der Waals surface area (Å²) in [6.07, 6.45) is 2.66. The Morgan fingerprint density at radius 3 is 2.50 bits per heavy atom. The van der Waals surface area contributed by atoms with Crippen molar-refractivity contribution in [2.75, 3.05) is 7.11 Å². The highest BCUT2D eigenvalue weighted by Gasteiger charge is 2.26. The number of hydrogen-bond donors (Lipinski definition) is 0. The summed E-state index contributed by atoms with van der Waals surface area (Å²) >= 11 is 0. The van der Waals surface area contributed by atoms with Gasteiger partial charge in [0.25, 0.3) is 0 Å². The van der Waals surface area contributed by atoms with Gasteiger partial charge in [-0.2, -0.15) is 0 Å². The zero-order valence-corrected chi connectivity index (χ0v) is 9.21. The standard InChI is InChI=1S/C13H18O/c1-9(2)11-6-7-13(14-3)12(8-11)10-4-5-10/h6-10H,4-5H2,1-3H3. The molecule has 76 valence electrons. The molecule has 0 N–H and O–H groups in total. The molecule has 1 aromatic carbocycles. The summed E-state index contributed by atoms with van der Waals surface area (Å²) in [4.78, 5) is 0. The van der Waals surface area contributed by atoms with Crippen LogP contribution in [0.4, 0.5) is 0 Å². The average Bonchev–Trinajstić information content (AvgIpc) is 3.00. The van der Waals surface area contributed by atoms with E-state index in [0.29, 0.717) is 5.92 Å². The van der Waals surface area contributed by atoms with Crippen molar-refractivity contribution in [1.82, 2.24) is 0 Å². The number of rotatable bonds is 3. The molecule has 0 saturated heterocycles. The molecule has 0 aliphatic heterocycles. The highest BCUT2D eigenvalue weighted by atomic mass is 16.5. The van der Waals surface area contributed by atoms with Gasteiger partial charge in [-0.1, -0.05) is 26.0 Å². The first-order valence-electron chi connectivity index (χ1n) is 5.40. The van der Waals surface area contributed by atoms with Crippen molar-refractivity contribution in [2.45, 2.75) is 38.5 Å². The first kappa shape index (κ1) is 9.57. The first-order valence-corrected chi connectivity index (χ1v) is 5.40. The van der Waals surface area contributed by atoms with Crippen LogP contribution < -0.4 is 4.74 Å². The molecule has 1 heteroatoms. The van der Waals surface area contributed by atoms with Crippen molar-refractivity contribution in [2.24, 2.45) is 0 Å². The van der Waals surface area contributed by atoms with E-state index in [2.05, 4.69) is 32.0 Å². The van der Waals surface area contributed by atoms with Gasteiger partial charge in [-0.05, 0) is 41.9 Å². The van der Waals surface area contributed by atoms with Gasteiger partial charge in [-0.3, -0.25) is 0 Å². The van der Waals surface area contributed by atoms with Crippen molar-refractivity contribution in [1.29, 1.82) is 0 Å². The largest absolute Gasteiger partial charge is 0.496 e. The molecule has 1 saturated carbocycles. The van der Waals surface area contributed by atoms with Crippen molar-refractivity contribution < 1.29 is 4.74 Å². The SMILES string of the molecule is COc1ccc(C(C)C)cc1C1CC1. The minimum atomic E-state index is 0.610.